The number of nitrogens with zero attached hydrogens (tertiary/aromatic N) is 6. The highest BCUT2D eigenvalue weighted by atomic mass is 32.2. The van der Waals surface area contributed by atoms with Gasteiger partial charge in [-0.25, -0.2) is 17.5 Å². The van der Waals surface area contributed by atoms with Crippen LogP contribution in [0, 0.1) is 18.2 Å². The fourth-order valence-electron chi connectivity index (χ4n) is 5.50. The molecule has 4 aromatic rings. The van der Waals surface area contributed by atoms with Crippen LogP contribution in [0.5, 0.6) is 0 Å². The van der Waals surface area contributed by atoms with Gasteiger partial charge in [-0.1, -0.05) is 5.57 Å². The average Bonchev–Trinajstić information content (AvgIpc) is 3.59. The van der Waals surface area contributed by atoms with Gasteiger partial charge in [0, 0.05) is 32.0 Å². The summed E-state index contributed by atoms with van der Waals surface area (Å²) in [6.45, 7) is 4.50. The maximum absolute atomic E-state index is 14.3. The molecule has 1 aliphatic carbocycles. The molecule has 0 unspecified atom stereocenters. The Balaban J connectivity index is 1.45. The van der Waals surface area contributed by atoms with Crippen molar-refractivity contribution in [2.45, 2.75) is 38.3 Å². The third kappa shape index (κ3) is 4.22. The Labute approximate surface area is 225 Å². The summed E-state index contributed by atoms with van der Waals surface area (Å²) in [4.78, 5) is 18.6. The summed E-state index contributed by atoms with van der Waals surface area (Å²) >= 11 is 0. The second-order valence-corrected chi connectivity index (χ2v) is 11.9. The lowest BCUT2D eigenvalue weighted by Crippen LogP contribution is -2.53. The Morgan fingerprint density at radius 2 is 1.95 bits per heavy atom. The van der Waals surface area contributed by atoms with E-state index in [0.717, 1.165) is 22.4 Å². The number of fused-ring (bicyclic) bond motifs is 2. The molecule has 200 valence electrons. The van der Waals surface area contributed by atoms with Crippen molar-refractivity contribution in [3.63, 3.8) is 0 Å². The lowest BCUT2D eigenvalue weighted by molar-refractivity contribution is 0.0770. The highest BCUT2D eigenvalue weighted by Crippen LogP contribution is 2.47. The molecule has 1 atom stereocenters. The molecule has 9 nitrogen and oxygen atoms in total. The molecule has 3 aromatic heterocycles. The minimum Gasteiger partial charge on any atom is -0.291 e. The van der Waals surface area contributed by atoms with Crippen LogP contribution in [0.15, 0.2) is 71.7 Å². The van der Waals surface area contributed by atoms with E-state index in [-0.39, 0.29) is 36.1 Å². The predicted molar refractivity (Wildman–Crippen MR) is 142 cm³/mol. The number of aryl methyl sites for hydroxylation is 2. The van der Waals surface area contributed by atoms with Crippen molar-refractivity contribution in [1.29, 1.82) is 0 Å². The normalized spacial score (nSPS) is 19.3. The number of halogens is 1. The number of carbonyl (C=O) groups is 1. The highest BCUT2D eigenvalue weighted by Gasteiger charge is 2.51. The van der Waals surface area contributed by atoms with E-state index in [1.165, 1.54) is 22.5 Å². The zero-order valence-corrected chi connectivity index (χ0v) is 22.4. The molecule has 4 heterocycles. The number of carbonyl (C=O) groups excluding carboxylic acids is 1. The number of aromatic nitrogens is 5. The van der Waals surface area contributed by atoms with Crippen LogP contribution >= 0.6 is 0 Å². The summed E-state index contributed by atoms with van der Waals surface area (Å²) in [6.07, 6.45) is 7.49. The van der Waals surface area contributed by atoms with Crippen molar-refractivity contribution in [2.24, 2.45) is 5.41 Å². The molecule has 39 heavy (non-hydrogen) atoms. The number of piperidine rings is 1. The lowest BCUT2D eigenvalue weighted by Gasteiger charge is -2.44. The summed E-state index contributed by atoms with van der Waals surface area (Å²) < 4.78 is 45.5. The largest absolute Gasteiger partial charge is 0.291 e. The molecule has 1 aliphatic heterocycles. The van der Waals surface area contributed by atoms with Crippen molar-refractivity contribution in [2.75, 3.05) is 13.1 Å². The SMILES string of the molecule is CCn1ccc(S(=O)(=O)N2CCC3=Cc4c(cnn4-c4ccc(F)cc4)C[C@]3(C(=O)c3cc(C)ccn3)C2)n1. The summed E-state index contributed by atoms with van der Waals surface area (Å²) in [5.74, 6) is -0.567. The molecular formula is C28H27FN6O3S. The first kappa shape index (κ1) is 25.3. The molecule has 0 amide bonds. The van der Waals surface area contributed by atoms with Gasteiger partial charge in [0.1, 0.15) is 11.5 Å². The van der Waals surface area contributed by atoms with Gasteiger partial charge in [-0.05, 0) is 86.4 Å². The summed E-state index contributed by atoms with van der Waals surface area (Å²) in [6, 6.07) is 11.1. The first-order valence-electron chi connectivity index (χ1n) is 12.8. The average molecular weight is 547 g/mol. The third-order valence-corrected chi connectivity index (χ3v) is 9.32. The highest BCUT2D eigenvalue weighted by molar-refractivity contribution is 7.89. The van der Waals surface area contributed by atoms with E-state index < -0.39 is 15.4 Å². The molecule has 2 aliphatic rings. The fourth-order valence-corrected chi connectivity index (χ4v) is 6.93. The van der Waals surface area contributed by atoms with E-state index in [1.54, 1.807) is 46.2 Å². The molecule has 0 N–H and O–H groups in total. The number of hydrogen-bond donors (Lipinski definition) is 0. The van der Waals surface area contributed by atoms with Gasteiger partial charge in [-0.15, -0.1) is 0 Å². The minimum absolute atomic E-state index is 0.0320. The fraction of sp³-hybridized carbons (Fsp3) is 0.286. The number of pyridine rings is 1. The first-order chi connectivity index (χ1) is 18.7. The second kappa shape index (κ2) is 9.35. The summed E-state index contributed by atoms with van der Waals surface area (Å²) in [5.41, 5.74) is 3.17. The van der Waals surface area contributed by atoms with E-state index in [1.807, 2.05) is 26.0 Å². The minimum atomic E-state index is -3.94. The van der Waals surface area contributed by atoms with Gasteiger partial charge in [-0.3, -0.25) is 14.5 Å². The molecule has 0 radical (unpaired) electrons. The van der Waals surface area contributed by atoms with Gasteiger partial charge in [0.05, 0.1) is 23.0 Å². The maximum Gasteiger partial charge on any atom is 0.262 e. The van der Waals surface area contributed by atoms with Crippen LogP contribution in [-0.4, -0.2) is 56.1 Å². The Bertz CT molecular complexity index is 1720. The Morgan fingerprint density at radius 3 is 2.67 bits per heavy atom. The molecule has 1 fully saturated rings. The predicted octanol–water partition coefficient (Wildman–Crippen LogP) is 3.83. The van der Waals surface area contributed by atoms with Crippen LogP contribution in [0.3, 0.4) is 0 Å². The first-order valence-corrected chi connectivity index (χ1v) is 14.2. The van der Waals surface area contributed by atoms with Crippen LogP contribution in [0.2, 0.25) is 0 Å². The third-order valence-electron chi connectivity index (χ3n) is 7.58. The van der Waals surface area contributed by atoms with Crippen LogP contribution < -0.4 is 0 Å². The summed E-state index contributed by atoms with van der Waals surface area (Å²) in [7, 11) is -3.94. The van der Waals surface area contributed by atoms with E-state index in [4.69, 9.17) is 0 Å². The molecule has 1 saturated heterocycles. The maximum atomic E-state index is 14.3. The van der Waals surface area contributed by atoms with Gasteiger partial charge >= 0.3 is 0 Å². The van der Waals surface area contributed by atoms with Crippen LogP contribution in [0.4, 0.5) is 4.39 Å². The number of ketones is 1. The number of rotatable bonds is 6. The van der Waals surface area contributed by atoms with Crippen LogP contribution in [0.25, 0.3) is 11.8 Å². The molecule has 1 aromatic carbocycles. The molecule has 11 heteroatoms. The Kier molecular flexibility index (Phi) is 6.07. The van der Waals surface area contributed by atoms with Crippen molar-refractivity contribution in [3.8, 4) is 5.69 Å². The molecule has 6 rings (SSSR count). The second-order valence-electron chi connectivity index (χ2n) is 10.0. The molecule has 0 saturated carbocycles. The molecule has 0 bridgehead atoms. The Morgan fingerprint density at radius 1 is 1.15 bits per heavy atom. The number of benzene rings is 1. The van der Waals surface area contributed by atoms with Crippen molar-refractivity contribution >= 4 is 21.9 Å². The standard InChI is InChI=1S/C28H27FN6O3S/c1-3-33-12-10-26(32-33)39(37,38)34-13-9-21-15-25-20(17-31-35(25)23-6-4-22(29)5-7-23)16-28(21,18-34)27(36)24-14-19(2)8-11-30-24/h4-8,10-12,14-15,17H,3,9,13,16,18H2,1-2H3/t28-/m0/s1. The quantitative estimate of drug-likeness (QED) is 0.341. The monoisotopic (exact) mass is 546 g/mol. The number of hydrogen-bond acceptors (Lipinski definition) is 6. The zero-order valence-electron chi connectivity index (χ0n) is 21.6. The number of Topliss-reactive ketones (excluding diaryl/α,β-unsaturated/α-hetero) is 1. The Hall–Kier alpha value is -3.96. The van der Waals surface area contributed by atoms with Crippen molar-refractivity contribution in [1.82, 2.24) is 28.9 Å². The van der Waals surface area contributed by atoms with E-state index in [2.05, 4.69) is 15.2 Å². The smallest absolute Gasteiger partial charge is 0.262 e. The van der Waals surface area contributed by atoms with Crippen molar-refractivity contribution < 1.29 is 17.6 Å². The lowest BCUT2D eigenvalue weighted by atomic mass is 9.65. The van der Waals surface area contributed by atoms with E-state index >= 15 is 0 Å². The van der Waals surface area contributed by atoms with Gasteiger partial charge in [0.15, 0.2) is 10.8 Å². The summed E-state index contributed by atoms with van der Waals surface area (Å²) in [5, 5.41) is 8.74. The molecular weight excluding hydrogens is 519 g/mol. The van der Waals surface area contributed by atoms with Crippen LogP contribution in [0.1, 0.15) is 40.7 Å². The van der Waals surface area contributed by atoms with Crippen molar-refractivity contribution in [3.05, 3.63) is 95.0 Å². The van der Waals surface area contributed by atoms with Gasteiger partial charge in [-0.2, -0.15) is 14.5 Å². The molecule has 0 spiro atoms. The van der Waals surface area contributed by atoms with Gasteiger partial charge in [0.25, 0.3) is 10.0 Å². The van der Waals surface area contributed by atoms with Gasteiger partial charge in [0.2, 0.25) is 0 Å². The zero-order chi connectivity index (χ0) is 27.4. The van der Waals surface area contributed by atoms with Crippen LogP contribution in [-0.2, 0) is 23.0 Å². The number of sulfonamides is 1. The topological polar surface area (TPSA) is 103 Å². The van der Waals surface area contributed by atoms with E-state index in [9.17, 15) is 17.6 Å². The van der Waals surface area contributed by atoms with E-state index in [0.29, 0.717) is 24.3 Å². The van der Waals surface area contributed by atoms with Gasteiger partial charge < -0.3 is 0 Å².